The van der Waals surface area contributed by atoms with Gasteiger partial charge in [-0.3, -0.25) is 9.59 Å². The van der Waals surface area contributed by atoms with Crippen molar-refractivity contribution in [1.29, 1.82) is 0 Å². The van der Waals surface area contributed by atoms with Gasteiger partial charge in [0.1, 0.15) is 5.75 Å². The number of para-hydroxylation sites is 1. The summed E-state index contributed by atoms with van der Waals surface area (Å²) in [7, 11) is 0. The van der Waals surface area contributed by atoms with Gasteiger partial charge in [0, 0.05) is 12.1 Å². The summed E-state index contributed by atoms with van der Waals surface area (Å²) < 4.78 is 5.54. The number of carbonyl (C=O) groups is 2. The highest BCUT2D eigenvalue weighted by atomic mass is 16.5. The molecule has 0 fully saturated rings. The number of carbonyl (C=O) groups excluding carboxylic acids is 2. The average molecular weight is 402 g/mol. The van der Waals surface area contributed by atoms with Gasteiger partial charge in [-0.15, -0.1) is 0 Å². The van der Waals surface area contributed by atoms with Crippen LogP contribution >= 0.6 is 0 Å². The van der Waals surface area contributed by atoms with Gasteiger partial charge >= 0.3 is 0 Å². The molecule has 5 heteroatoms. The molecule has 154 valence electrons. The van der Waals surface area contributed by atoms with Crippen molar-refractivity contribution in [3.63, 3.8) is 0 Å². The van der Waals surface area contributed by atoms with Crippen molar-refractivity contribution >= 4 is 17.5 Å². The Morgan fingerprint density at radius 3 is 2.27 bits per heavy atom. The monoisotopic (exact) mass is 402 g/mol. The van der Waals surface area contributed by atoms with Gasteiger partial charge in [0.25, 0.3) is 11.8 Å². The largest absolute Gasteiger partial charge is 0.494 e. The van der Waals surface area contributed by atoms with E-state index in [1.807, 2.05) is 37.3 Å². The fraction of sp³-hybridized carbons (Fsp3) is 0.200. The minimum Gasteiger partial charge on any atom is -0.494 e. The van der Waals surface area contributed by atoms with Crippen molar-refractivity contribution in [1.82, 2.24) is 5.32 Å². The van der Waals surface area contributed by atoms with Crippen LogP contribution in [0.25, 0.3) is 0 Å². The summed E-state index contributed by atoms with van der Waals surface area (Å²) in [6.45, 7) is 3.19. The van der Waals surface area contributed by atoms with E-state index >= 15 is 0 Å². The summed E-state index contributed by atoms with van der Waals surface area (Å²) in [5.41, 5.74) is 2.57. The van der Waals surface area contributed by atoms with Crippen molar-refractivity contribution in [2.24, 2.45) is 0 Å². The molecule has 0 radical (unpaired) electrons. The van der Waals surface area contributed by atoms with E-state index in [2.05, 4.69) is 10.6 Å². The van der Waals surface area contributed by atoms with Gasteiger partial charge < -0.3 is 15.4 Å². The minimum atomic E-state index is -0.276. The van der Waals surface area contributed by atoms with Crippen molar-refractivity contribution in [2.75, 3.05) is 18.5 Å². The summed E-state index contributed by atoms with van der Waals surface area (Å²) in [4.78, 5) is 25.3. The van der Waals surface area contributed by atoms with Crippen LogP contribution in [0, 0.1) is 0 Å². The summed E-state index contributed by atoms with van der Waals surface area (Å²) >= 11 is 0. The molecule has 0 aliphatic carbocycles. The number of nitrogens with one attached hydrogen (secondary N) is 2. The molecule has 0 saturated heterocycles. The second-order valence-electron chi connectivity index (χ2n) is 6.86. The molecular formula is C25H26N2O3. The van der Waals surface area contributed by atoms with E-state index in [1.54, 1.807) is 48.5 Å². The van der Waals surface area contributed by atoms with Crippen molar-refractivity contribution in [3.05, 3.63) is 95.6 Å². The Hall–Kier alpha value is -3.60. The first-order chi connectivity index (χ1) is 14.7. The Morgan fingerprint density at radius 1 is 0.833 bits per heavy atom. The zero-order chi connectivity index (χ0) is 21.2. The van der Waals surface area contributed by atoms with Crippen molar-refractivity contribution in [2.45, 2.75) is 19.8 Å². The first kappa shape index (κ1) is 21.1. The van der Waals surface area contributed by atoms with Crippen LogP contribution in [-0.2, 0) is 6.42 Å². The summed E-state index contributed by atoms with van der Waals surface area (Å²) in [6, 6.07) is 23.9. The molecule has 0 aliphatic heterocycles. The second kappa shape index (κ2) is 10.8. The molecule has 0 atom stereocenters. The zero-order valence-electron chi connectivity index (χ0n) is 17.1. The average Bonchev–Trinajstić information content (AvgIpc) is 2.79. The lowest BCUT2D eigenvalue weighted by atomic mass is 10.1. The van der Waals surface area contributed by atoms with E-state index in [4.69, 9.17) is 4.74 Å². The van der Waals surface area contributed by atoms with Gasteiger partial charge in [-0.1, -0.05) is 49.4 Å². The fourth-order valence-electron chi connectivity index (χ4n) is 2.97. The van der Waals surface area contributed by atoms with Crippen LogP contribution in [0.2, 0.25) is 0 Å². The molecule has 0 bridgehead atoms. The smallest absolute Gasteiger partial charge is 0.255 e. The maximum absolute atomic E-state index is 12.6. The molecule has 0 aliphatic rings. The van der Waals surface area contributed by atoms with Crippen LogP contribution in [0.3, 0.4) is 0 Å². The van der Waals surface area contributed by atoms with Crippen molar-refractivity contribution < 1.29 is 14.3 Å². The quantitative estimate of drug-likeness (QED) is 0.545. The lowest BCUT2D eigenvalue weighted by Crippen LogP contribution is -2.27. The normalized spacial score (nSPS) is 10.3. The van der Waals surface area contributed by atoms with E-state index in [0.29, 0.717) is 30.0 Å². The Bertz CT molecular complexity index is 969. The number of anilines is 1. The molecule has 3 rings (SSSR count). The topological polar surface area (TPSA) is 67.4 Å². The molecule has 3 aromatic rings. The molecule has 0 saturated carbocycles. The van der Waals surface area contributed by atoms with Gasteiger partial charge in [0.2, 0.25) is 0 Å². The number of hydrogen-bond donors (Lipinski definition) is 2. The first-order valence-electron chi connectivity index (χ1n) is 10.1. The Labute approximate surface area is 177 Å². The van der Waals surface area contributed by atoms with E-state index < -0.39 is 0 Å². The summed E-state index contributed by atoms with van der Waals surface area (Å²) in [5, 5.41) is 5.76. The molecule has 30 heavy (non-hydrogen) atoms. The zero-order valence-corrected chi connectivity index (χ0v) is 17.1. The minimum absolute atomic E-state index is 0.217. The molecule has 2 amide bonds. The van der Waals surface area contributed by atoms with Crippen LogP contribution in [0.5, 0.6) is 5.75 Å². The van der Waals surface area contributed by atoms with E-state index in [1.165, 1.54) is 0 Å². The highest BCUT2D eigenvalue weighted by Crippen LogP contribution is 2.18. The van der Waals surface area contributed by atoms with E-state index in [0.717, 1.165) is 24.2 Å². The summed E-state index contributed by atoms with van der Waals surface area (Å²) in [6.07, 6.45) is 1.67. The molecule has 2 N–H and O–H groups in total. The third-order valence-corrected chi connectivity index (χ3v) is 4.55. The van der Waals surface area contributed by atoms with Crippen LogP contribution in [-0.4, -0.2) is 25.0 Å². The molecule has 0 aromatic heterocycles. The van der Waals surface area contributed by atoms with Gasteiger partial charge in [0.05, 0.1) is 17.9 Å². The van der Waals surface area contributed by atoms with Gasteiger partial charge in [0.15, 0.2) is 0 Å². The van der Waals surface area contributed by atoms with E-state index in [-0.39, 0.29) is 11.8 Å². The third-order valence-electron chi connectivity index (χ3n) is 4.55. The third kappa shape index (κ3) is 5.95. The highest BCUT2D eigenvalue weighted by molar-refractivity contribution is 6.09. The van der Waals surface area contributed by atoms with Crippen LogP contribution in [0.1, 0.15) is 39.6 Å². The lowest BCUT2D eigenvalue weighted by molar-refractivity contribution is 0.0955. The summed E-state index contributed by atoms with van der Waals surface area (Å²) in [5.74, 6) is 0.235. The second-order valence-corrected chi connectivity index (χ2v) is 6.86. The molecule has 0 spiro atoms. The Morgan fingerprint density at radius 2 is 1.53 bits per heavy atom. The van der Waals surface area contributed by atoms with Crippen molar-refractivity contribution in [3.8, 4) is 5.75 Å². The predicted octanol–water partition coefficient (Wildman–Crippen LogP) is 4.70. The van der Waals surface area contributed by atoms with Gasteiger partial charge in [-0.05, 0) is 54.8 Å². The molecule has 5 nitrogen and oxygen atoms in total. The lowest BCUT2D eigenvalue weighted by Gasteiger charge is -2.12. The number of hydrogen-bond acceptors (Lipinski definition) is 3. The fourth-order valence-corrected chi connectivity index (χ4v) is 2.97. The maximum atomic E-state index is 12.6. The molecule has 0 heterocycles. The Kier molecular flexibility index (Phi) is 7.61. The standard InChI is InChI=1S/C25H26N2O3/c1-2-18-30-21-14-12-20(13-15-21)24(28)27-23-11-7-6-10-22(23)25(29)26-17-16-19-8-4-3-5-9-19/h3-15H,2,16-18H2,1H3,(H,26,29)(H,27,28). The van der Waals surface area contributed by atoms with Crippen LogP contribution in [0.4, 0.5) is 5.69 Å². The highest BCUT2D eigenvalue weighted by Gasteiger charge is 2.14. The van der Waals surface area contributed by atoms with Gasteiger partial charge in [-0.2, -0.15) is 0 Å². The molecule has 0 unspecified atom stereocenters. The van der Waals surface area contributed by atoms with Crippen LogP contribution < -0.4 is 15.4 Å². The molecular weight excluding hydrogens is 376 g/mol. The SMILES string of the molecule is CCCOc1ccc(C(=O)Nc2ccccc2C(=O)NCCc2ccccc2)cc1. The number of ether oxygens (including phenoxy) is 1. The molecule has 3 aromatic carbocycles. The van der Waals surface area contributed by atoms with E-state index in [9.17, 15) is 9.59 Å². The predicted molar refractivity (Wildman–Crippen MR) is 119 cm³/mol. The van der Waals surface area contributed by atoms with Gasteiger partial charge in [-0.25, -0.2) is 0 Å². The number of benzene rings is 3. The first-order valence-corrected chi connectivity index (χ1v) is 10.1. The number of rotatable bonds is 9. The van der Waals surface area contributed by atoms with Crippen LogP contribution in [0.15, 0.2) is 78.9 Å². The Balaban J connectivity index is 1.61. The maximum Gasteiger partial charge on any atom is 0.255 e. The number of amides is 2.